The van der Waals surface area contributed by atoms with Crippen LogP contribution in [-0.4, -0.2) is 34.0 Å². The third-order valence-corrected chi connectivity index (χ3v) is 4.10. The number of nitrogens with zero attached hydrogens (tertiary/aromatic N) is 2. The standard InChI is InChI=1S/C11H15BrN2S/c1-9-7-14(4-5-15-9)8-11-3-2-10(12)6-13-11/h2-3,6,9H,4-5,7-8H2,1H3. The molecule has 0 amide bonds. The Labute approximate surface area is 104 Å². The van der Waals surface area contributed by atoms with Gasteiger partial charge in [0, 0.05) is 41.3 Å². The summed E-state index contributed by atoms with van der Waals surface area (Å²) in [6.07, 6.45) is 1.87. The van der Waals surface area contributed by atoms with Crippen LogP contribution in [0.1, 0.15) is 12.6 Å². The number of aromatic nitrogens is 1. The highest BCUT2D eigenvalue weighted by molar-refractivity contribution is 9.10. The molecule has 0 radical (unpaired) electrons. The van der Waals surface area contributed by atoms with E-state index in [4.69, 9.17) is 0 Å². The Hall–Kier alpha value is -0.0600. The summed E-state index contributed by atoms with van der Waals surface area (Å²) in [7, 11) is 0. The summed E-state index contributed by atoms with van der Waals surface area (Å²) >= 11 is 5.47. The predicted octanol–water partition coefficient (Wildman–Crippen LogP) is 2.78. The first-order valence-electron chi connectivity index (χ1n) is 5.18. The third-order valence-electron chi connectivity index (χ3n) is 2.50. The van der Waals surface area contributed by atoms with Gasteiger partial charge >= 0.3 is 0 Å². The van der Waals surface area contributed by atoms with Crippen molar-refractivity contribution in [2.24, 2.45) is 0 Å². The van der Waals surface area contributed by atoms with Gasteiger partial charge in [-0.2, -0.15) is 11.8 Å². The Morgan fingerprint density at radius 1 is 1.60 bits per heavy atom. The Morgan fingerprint density at radius 2 is 2.47 bits per heavy atom. The molecule has 1 aliphatic rings. The normalized spacial score (nSPS) is 22.9. The molecule has 2 heterocycles. The quantitative estimate of drug-likeness (QED) is 0.832. The van der Waals surface area contributed by atoms with Gasteiger partial charge in [-0.1, -0.05) is 6.92 Å². The molecule has 82 valence electrons. The Bertz CT molecular complexity index is 315. The maximum Gasteiger partial charge on any atom is 0.0544 e. The molecular formula is C11H15BrN2S. The van der Waals surface area contributed by atoms with E-state index in [9.17, 15) is 0 Å². The van der Waals surface area contributed by atoms with Crippen molar-refractivity contribution in [2.45, 2.75) is 18.7 Å². The largest absolute Gasteiger partial charge is 0.296 e. The van der Waals surface area contributed by atoms with Crippen molar-refractivity contribution in [1.29, 1.82) is 0 Å². The van der Waals surface area contributed by atoms with Gasteiger partial charge in [0.15, 0.2) is 0 Å². The van der Waals surface area contributed by atoms with Crippen LogP contribution in [0.25, 0.3) is 0 Å². The van der Waals surface area contributed by atoms with Gasteiger partial charge in [0.1, 0.15) is 0 Å². The molecule has 1 aliphatic heterocycles. The van der Waals surface area contributed by atoms with Gasteiger partial charge in [0.25, 0.3) is 0 Å². The van der Waals surface area contributed by atoms with Crippen LogP contribution in [-0.2, 0) is 6.54 Å². The van der Waals surface area contributed by atoms with Crippen LogP contribution in [0.3, 0.4) is 0 Å². The molecule has 4 heteroatoms. The molecule has 0 saturated carbocycles. The lowest BCUT2D eigenvalue weighted by atomic mass is 10.3. The fraction of sp³-hybridized carbons (Fsp3) is 0.545. The zero-order valence-corrected chi connectivity index (χ0v) is 11.2. The first-order chi connectivity index (χ1) is 7.24. The molecule has 1 aromatic heterocycles. The monoisotopic (exact) mass is 286 g/mol. The zero-order chi connectivity index (χ0) is 10.7. The molecule has 0 aromatic carbocycles. The number of hydrogen-bond acceptors (Lipinski definition) is 3. The molecule has 0 aliphatic carbocycles. The number of thioether (sulfide) groups is 1. The predicted molar refractivity (Wildman–Crippen MR) is 69.1 cm³/mol. The van der Waals surface area contributed by atoms with Gasteiger partial charge in [0.2, 0.25) is 0 Å². The second kappa shape index (κ2) is 5.32. The molecule has 1 fully saturated rings. The van der Waals surface area contributed by atoms with Gasteiger partial charge < -0.3 is 0 Å². The van der Waals surface area contributed by atoms with Crippen molar-refractivity contribution in [3.63, 3.8) is 0 Å². The van der Waals surface area contributed by atoms with Gasteiger partial charge in [-0.25, -0.2) is 0 Å². The minimum absolute atomic E-state index is 0.759. The number of pyridine rings is 1. The maximum atomic E-state index is 4.40. The summed E-state index contributed by atoms with van der Waals surface area (Å²) < 4.78 is 1.05. The lowest BCUT2D eigenvalue weighted by molar-refractivity contribution is 0.275. The summed E-state index contributed by atoms with van der Waals surface area (Å²) in [4.78, 5) is 6.89. The van der Waals surface area contributed by atoms with Crippen LogP contribution >= 0.6 is 27.7 Å². The third kappa shape index (κ3) is 3.47. The van der Waals surface area contributed by atoms with Crippen molar-refractivity contribution in [3.8, 4) is 0 Å². The summed E-state index contributed by atoms with van der Waals surface area (Å²) in [5, 5.41) is 0.759. The molecule has 1 unspecified atom stereocenters. The Balaban J connectivity index is 1.93. The van der Waals surface area contributed by atoms with Crippen molar-refractivity contribution < 1.29 is 0 Å². The molecule has 2 nitrogen and oxygen atoms in total. The van der Waals surface area contributed by atoms with Gasteiger partial charge in [-0.05, 0) is 28.1 Å². The zero-order valence-electron chi connectivity index (χ0n) is 8.82. The van der Waals surface area contributed by atoms with Crippen LogP contribution in [0.5, 0.6) is 0 Å². The molecule has 15 heavy (non-hydrogen) atoms. The summed E-state index contributed by atoms with van der Waals surface area (Å²) in [5.74, 6) is 1.25. The van der Waals surface area contributed by atoms with Crippen LogP contribution in [0.2, 0.25) is 0 Å². The van der Waals surface area contributed by atoms with Crippen molar-refractivity contribution in [1.82, 2.24) is 9.88 Å². The van der Waals surface area contributed by atoms with Crippen LogP contribution < -0.4 is 0 Å². The summed E-state index contributed by atoms with van der Waals surface area (Å²) in [5.41, 5.74) is 1.16. The SMILES string of the molecule is CC1CN(Cc2ccc(Br)cn2)CCS1. The van der Waals surface area contributed by atoms with E-state index in [0.717, 1.165) is 22.0 Å². The van der Waals surface area contributed by atoms with Crippen molar-refractivity contribution in [3.05, 3.63) is 28.5 Å². The molecule has 1 aromatic rings. The number of rotatable bonds is 2. The second-order valence-corrected chi connectivity index (χ2v) is 6.35. The van der Waals surface area contributed by atoms with E-state index in [1.807, 2.05) is 6.20 Å². The lowest BCUT2D eigenvalue weighted by Crippen LogP contribution is -2.36. The molecule has 1 atom stereocenters. The molecule has 0 spiro atoms. The van der Waals surface area contributed by atoms with Gasteiger partial charge in [-0.3, -0.25) is 9.88 Å². The number of hydrogen-bond donors (Lipinski definition) is 0. The van der Waals surface area contributed by atoms with E-state index in [2.05, 4.69) is 56.6 Å². The average molecular weight is 287 g/mol. The molecule has 1 saturated heterocycles. The van der Waals surface area contributed by atoms with Crippen molar-refractivity contribution in [2.75, 3.05) is 18.8 Å². The average Bonchev–Trinajstić information content (AvgIpc) is 2.22. The van der Waals surface area contributed by atoms with E-state index in [1.54, 1.807) is 0 Å². The van der Waals surface area contributed by atoms with Crippen LogP contribution in [0.15, 0.2) is 22.8 Å². The first-order valence-corrected chi connectivity index (χ1v) is 7.02. The van der Waals surface area contributed by atoms with E-state index in [-0.39, 0.29) is 0 Å². The fourth-order valence-electron chi connectivity index (χ4n) is 1.76. The van der Waals surface area contributed by atoms with Gasteiger partial charge in [-0.15, -0.1) is 0 Å². The Kier molecular flexibility index (Phi) is 4.05. The lowest BCUT2D eigenvalue weighted by Gasteiger charge is -2.30. The van der Waals surface area contributed by atoms with E-state index in [0.29, 0.717) is 0 Å². The van der Waals surface area contributed by atoms with Crippen LogP contribution in [0, 0.1) is 0 Å². The Morgan fingerprint density at radius 3 is 3.13 bits per heavy atom. The van der Waals surface area contributed by atoms with E-state index >= 15 is 0 Å². The topological polar surface area (TPSA) is 16.1 Å². The fourth-order valence-corrected chi connectivity index (χ4v) is 3.08. The van der Waals surface area contributed by atoms with Crippen molar-refractivity contribution >= 4 is 27.7 Å². The molecule has 2 rings (SSSR count). The number of halogens is 1. The van der Waals surface area contributed by atoms with E-state index in [1.165, 1.54) is 18.8 Å². The van der Waals surface area contributed by atoms with Gasteiger partial charge in [0.05, 0.1) is 5.69 Å². The highest BCUT2D eigenvalue weighted by Crippen LogP contribution is 2.19. The second-order valence-electron chi connectivity index (χ2n) is 3.88. The summed E-state index contributed by atoms with van der Waals surface area (Å²) in [6, 6.07) is 4.15. The highest BCUT2D eigenvalue weighted by Gasteiger charge is 2.16. The molecular weight excluding hydrogens is 272 g/mol. The minimum Gasteiger partial charge on any atom is -0.296 e. The highest BCUT2D eigenvalue weighted by atomic mass is 79.9. The van der Waals surface area contributed by atoms with E-state index < -0.39 is 0 Å². The van der Waals surface area contributed by atoms with Crippen LogP contribution in [0.4, 0.5) is 0 Å². The molecule has 0 N–H and O–H groups in total. The minimum atomic E-state index is 0.759. The smallest absolute Gasteiger partial charge is 0.0544 e. The summed E-state index contributed by atoms with van der Waals surface area (Å²) in [6.45, 7) is 5.65. The first kappa shape index (κ1) is 11.4. The molecule has 0 bridgehead atoms. The maximum absolute atomic E-state index is 4.40.